The minimum atomic E-state index is -0.320. The van der Waals surface area contributed by atoms with E-state index < -0.39 is 0 Å². The van der Waals surface area contributed by atoms with Crippen LogP contribution in [-0.2, 0) is 5.41 Å². The van der Waals surface area contributed by atoms with Crippen molar-refractivity contribution in [1.82, 2.24) is 0 Å². The van der Waals surface area contributed by atoms with Crippen LogP contribution in [0.25, 0.3) is 0 Å². The number of hydrogen-bond acceptors (Lipinski definition) is 4. The summed E-state index contributed by atoms with van der Waals surface area (Å²) in [5, 5.41) is 18.4. The molecule has 2 aromatic rings. The van der Waals surface area contributed by atoms with Crippen molar-refractivity contribution >= 4 is 95.6 Å². The first-order valence-electron chi connectivity index (χ1n) is 9.25. The van der Waals surface area contributed by atoms with Gasteiger partial charge in [0.05, 0.1) is 40.8 Å². The van der Waals surface area contributed by atoms with Crippen molar-refractivity contribution < 1.29 is 19.7 Å². The summed E-state index contributed by atoms with van der Waals surface area (Å²) in [6.45, 7) is 5.00. The predicted molar refractivity (Wildman–Crippen MR) is 146 cm³/mol. The number of benzene rings is 2. The van der Waals surface area contributed by atoms with Crippen molar-refractivity contribution in [2.75, 3.05) is 26.4 Å². The van der Waals surface area contributed by atoms with Crippen LogP contribution in [0.1, 0.15) is 25.0 Å². The number of ether oxygens (including phenoxy) is 2. The summed E-state index contributed by atoms with van der Waals surface area (Å²) in [7, 11) is 0. The largest absolute Gasteiger partial charge is 0.490 e. The van der Waals surface area contributed by atoms with Crippen LogP contribution in [0.4, 0.5) is 0 Å². The summed E-state index contributed by atoms with van der Waals surface area (Å²) in [6, 6.07) is 8.19. The van der Waals surface area contributed by atoms with Crippen molar-refractivity contribution in [3.8, 4) is 11.5 Å². The average Bonchev–Trinajstić information content (AvgIpc) is 2.71. The van der Waals surface area contributed by atoms with Crippen LogP contribution in [0.3, 0.4) is 0 Å². The van der Waals surface area contributed by atoms with Crippen LogP contribution in [0, 0.1) is 0 Å². The molecule has 2 rings (SSSR count). The van der Waals surface area contributed by atoms with Gasteiger partial charge in [-0.3, -0.25) is 0 Å². The maximum absolute atomic E-state index is 9.19. The summed E-state index contributed by atoms with van der Waals surface area (Å²) >= 11 is 21.2. The van der Waals surface area contributed by atoms with Crippen LogP contribution < -0.4 is 9.47 Å². The third-order valence-corrected chi connectivity index (χ3v) is 8.12. The maximum atomic E-state index is 9.19. The second kappa shape index (κ2) is 12.5. The molecule has 4 nitrogen and oxygen atoms in total. The van der Waals surface area contributed by atoms with Gasteiger partial charge in [-0.15, -0.1) is 0 Å². The van der Waals surface area contributed by atoms with E-state index in [1.54, 1.807) is 0 Å². The highest BCUT2D eigenvalue weighted by Crippen LogP contribution is 2.44. The van der Waals surface area contributed by atoms with Crippen molar-refractivity contribution in [2.24, 2.45) is 0 Å². The highest BCUT2D eigenvalue weighted by Gasteiger charge is 2.27. The van der Waals surface area contributed by atoms with Gasteiger partial charge in [0, 0.05) is 5.41 Å². The van der Waals surface area contributed by atoms with Crippen molar-refractivity contribution in [1.29, 1.82) is 0 Å². The van der Waals surface area contributed by atoms with E-state index in [0.717, 1.165) is 29.0 Å². The Hall–Kier alpha value is 0.840. The average molecular weight is 818 g/mol. The molecular weight excluding hydrogens is 796 g/mol. The van der Waals surface area contributed by atoms with Crippen LogP contribution in [0.15, 0.2) is 42.2 Å². The molecule has 10 heteroatoms. The van der Waals surface area contributed by atoms with Gasteiger partial charge in [-0.2, -0.15) is 0 Å². The first-order chi connectivity index (χ1) is 14.5. The molecule has 0 aliphatic heterocycles. The zero-order valence-corrected chi connectivity index (χ0v) is 26.3. The molecule has 2 aromatic carbocycles. The molecule has 0 radical (unpaired) electrons. The van der Waals surface area contributed by atoms with Crippen molar-refractivity contribution in [3.05, 3.63) is 53.3 Å². The Morgan fingerprint density at radius 1 is 0.710 bits per heavy atom. The SMILES string of the molecule is CC(C)(c1cc(Br)c(OCC(Br)CO)c(Br)c1)c1cc(Br)c(OCC(Br)CO)c(Br)c1. The third-order valence-electron chi connectivity index (χ3n) is 4.65. The van der Waals surface area contributed by atoms with Crippen LogP contribution in [0.2, 0.25) is 0 Å². The lowest BCUT2D eigenvalue weighted by Crippen LogP contribution is -2.20. The van der Waals surface area contributed by atoms with Gasteiger partial charge in [0.2, 0.25) is 0 Å². The van der Waals surface area contributed by atoms with E-state index in [1.165, 1.54) is 0 Å². The highest BCUT2D eigenvalue weighted by molar-refractivity contribution is 9.11. The first-order valence-corrected chi connectivity index (χ1v) is 14.3. The molecule has 172 valence electrons. The predicted octanol–water partition coefficient (Wildman–Crippen LogP) is 7.33. The fourth-order valence-corrected chi connectivity index (χ4v) is 5.83. The van der Waals surface area contributed by atoms with Crippen LogP contribution in [0.5, 0.6) is 11.5 Å². The van der Waals surface area contributed by atoms with E-state index in [9.17, 15) is 10.2 Å². The Labute approximate surface area is 233 Å². The lowest BCUT2D eigenvalue weighted by molar-refractivity contribution is 0.241. The van der Waals surface area contributed by atoms with Crippen molar-refractivity contribution in [3.63, 3.8) is 0 Å². The minimum Gasteiger partial charge on any atom is -0.490 e. The number of aliphatic hydroxyl groups is 2. The van der Waals surface area contributed by atoms with Crippen LogP contribution >= 0.6 is 95.6 Å². The molecular formula is C21H22Br6O4. The number of alkyl halides is 2. The topological polar surface area (TPSA) is 58.9 Å². The van der Waals surface area contributed by atoms with Gasteiger partial charge < -0.3 is 19.7 Å². The zero-order valence-electron chi connectivity index (χ0n) is 16.8. The fraction of sp³-hybridized carbons (Fsp3) is 0.429. The molecule has 0 spiro atoms. The summed E-state index contributed by atoms with van der Waals surface area (Å²) < 4.78 is 15.0. The van der Waals surface area contributed by atoms with Gasteiger partial charge in [0.15, 0.2) is 0 Å². The van der Waals surface area contributed by atoms with Gasteiger partial charge in [-0.25, -0.2) is 0 Å². The Balaban J connectivity index is 2.34. The zero-order chi connectivity index (χ0) is 23.3. The smallest absolute Gasteiger partial charge is 0.147 e. The van der Waals surface area contributed by atoms with Gasteiger partial charge in [-0.05, 0) is 99.1 Å². The summed E-state index contributed by atoms with van der Waals surface area (Å²) in [5.41, 5.74) is 1.85. The quantitative estimate of drug-likeness (QED) is 0.247. The standard InChI is InChI=1S/C21H22Br6O4/c1-21(2,11-3-15(24)19(16(25)4-11)30-9-13(22)7-28)12-5-17(26)20(18(27)6-12)31-10-14(23)8-29/h3-6,13-14,28-29H,7-10H2,1-2H3. The van der Waals surface area contributed by atoms with Crippen molar-refractivity contribution in [2.45, 2.75) is 28.9 Å². The normalized spacial score (nSPS) is 13.7. The van der Waals surface area contributed by atoms with E-state index in [1.807, 2.05) is 24.3 Å². The van der Waals surface area contributed by atoms with Gasteiger partial charge in [0.25, 0.3) is 0 Å². The molecule has 0 aliphatic carbocycles. The molecule has 0 saturated heterocycles. The lowest BCUT2D eigenvalue weighted by atomic mass is 9.78. The Morgan fingerprint density at radius 2 is 1.00 bits per heavy atom. The van der Waals surface area contributed by atoms with Crippen LogP contribution in [-0.4, -0.2) is 46.3 Å². The molecule has 0 heterocycles. The summed E-state index contributed by atoms with van der Waals surface area (Å²) in [6.07, 6.45) is 0. The minimum absolute atomic E-state index is 0.000113. The maximum Gasteiger partial charge on any atom is 0.147 e. The summed E-state index contributed by atoms with van der Waals surface area (Å²) in [4.78, 5) is -0.259. The molecule has 2 N–H and O–H groups in total. The number of hydrogen-bond donors (Lipinski definition) is 2. The second-order valence-electron chi connectivity index (χ2n) is 7.34. The fourth-order valence-electron chi connectivity index (χ4n) is 2.74. The third kappa shape index (κ3) is 7.41. The molecule has 0 bridgehead atoms. The summed E-state index contributed by atoms with van der Waals surface area (Å²) in [5.74, 6) is 1.38. The van der Waals surface area contributed by atoms with E-state index in [-0.39, 0.29) is 28.3 Å². The van der Waals surface area contributed by atoms with E-state index in [4.69, 9.17) is 9.47 Å². The molecule has 31 heavy (non-hydrogen) atoms. The number of aliphatic hydroxyl groups excluding tert-OH is 2. The van der Waals surface area contributed by atoms with Gasteiger partial charge in [-0.1, -0.05) is 45.7 Å². The molecule has 0 amide bonds. The molecule has 2 unspecified atom stereocenters. The molecule has 0 fully saturated rings. The monoisotopic (exact) mass is 812 g/mol. The van der Waals surface area contributed by atoms with E-state index in [0.29, 0.717) is 24.7 Å². The van der Waals surface area contributed by atoms with E-state index >= 15 is 0 Å². The number of halogens is 6. The molecule has 0 saturated carbocycles. The Morgan fingerprint density at radius 3 is 1.26 bits per heavy atom. The van der Waals surface area contributed by atoms with Gasteiger partial charge in [0.1, 0.15) is 24.7 Å². The van der Waals surface area contributed by atoms with Gasteiger partial charge >= 0.3 is 0 Å². The number of rotatable bonds is 10. The first kappa shape index (κ1) is 28.1. The molecule has 2 atom stereocenters. The highest BCUT2D eigenvalue weighted by atomic mass is 79.9. The Kier molecular flexibility index (Phi) is 11.3. The molecule has 0 aliphatic rings. The second-order valence-corrected chi connectivity index (χ2v) is 13.4. The lowest BCUT2D eigenvalue weighted by Gasteiger charge is -2.28. The Bertz CT molecular complexity index is 788. The molecule has 0 aromatic heterocycles. The van der Waals surface area contributed by atoms with E-state index in [2.05, 4.69) is 109 Å².